The molecule has 108 valence electrons. The monoisotopic (exact) mass is 267 g/mol. The Labute approximate surface area is 115 Å². The van der Waals surface area contributed by atoms with Gasteiger partial charge < -0.3 is 10.4 Å². The summed E-state index contributed by atoms with van der Waals surface area (Å²) in [6, 6.07) is -0.785. The molecule has 1 unspecified atom stereocenters. The fourth-order valence-corrected chi connectivity index (χ4v) is 2.28. The average molecular weight is 267 g/mol. The molecule has 19 heavy (non-hydrogen) atoms. The van der Waals surface area contributed by atoms with Gasteiger partial charge in [0.05, 0.1) is 0 Å². The molecule has 0 heterocycles. The lowest BCUT2D eigenvalue weighted by molar-refractivity contribution is -0.141. The Morgan fingerprint density at radius 2 is 1.95 bits per heavy atom. The zero-order chi connectivity index (χ0) is 14.6. The van der Waals surface area contributed by atoms with Crippen molar-refractivity contribution in [1.82, 2.24) is 5.32 Å². The van der Waals surface area contributed by atoms with E-state index in [1.54, 1.807) is 0 Å². The van der Waals surface area contributed by atoms with E-state index in [9.17, 15) is 14.7 Å². The molecule has 1 atom stereocenters. The molecule has 4 heteroatoms. The van der Waals surface area contributed by atoms with Crippen molar-refractivity contribution < 1.29 is 14.7 Å². The number of allylic oxidation sites excluding steroid dienone is 1. The second-order valence-corrected chi connectivity index (χ2v) is 6.58. The molecule has 1 aliphatic carbocycles. The standard InChI is InChI=1S/C15H25NO3/c1-10-6-5-7-11(10)13(17)16-12(14(18)19)8-9-15(2,3)4/h12H,5-9H2,1-4H3,(H,16,17)(H,18,19). The van der Waals surface area contributed by atoms with E-state index in [-0.39, 0.29) is 11.3 Å². The predicted octanol–water partition coefficient (Wildman–Crippen LogP) is 2.88. The third-order valence-corrected chi connectivity index (χ3v) is 3.55. The van der Waals surface area contributed by atoms with Crippen LogP contribution < -0.4 is 5.32 Å². The summed E-state index contributed by atoms with van der Waals surface area (Å²) in [6.07, 6.45) is 3.94. The van der Waals surface area contributed by atoms with Crippen molar-refractivity contribution in [2.45, 2.75) is 65.8 Å². The summed E-state index contributed by atoms with van der Waals surface area (Å²) in [5.74, 6) is -1.15. The fraction of sp³-hybridized carbons (Fsp3) is 0.733. The third-order valence-electron chi connectivity index (χ3n) is 3.55. The number of carbonyl (C=O) groups is 2. The zero-order valence-electron chi connectivity index (χ0n) is 12.4. The van der Waals surface area contributed by atoms with Crippen molar-refractivity contribution in [1.29, 1.82) is 0 Å². The van der Waals surface area contributed by atoms with Crippen LogP contribution in [-0.2, 0) is 9.59 Å². The Kier molecular flexibility index (Phi) is 5.15. The number of aliphatic carboxylic acids is 1. The van der Waals surface area contributed by atoms with E-state index in [4.69, 9.17) is 0 Å². The van der Waals surface area contributed by atoms with Crippen molar-refractivity contribution in [3.05, 3.63) is 11.1 Å². The molecule has 0 bridgehead atoms. The van der Waals surface area contributed by atoms with E-state index in [1.807, 2.05) is 6.92 Å². The van der Waals surface area contributed by atoms with Gasteiger partial charge >= 0.3 is 5.97 Å². The third kappa shape index (κ3) is 5.05. The normalized spacial score (nSPS) is 17.5. The van der Waals surface area contributed by atoms with Crippen molar-refractivity contribution >= 4 is 11.9 Å². The molecule has 0 saturated carbocycles. The lowest BCUT2D eigenvalue weighted by Gasteiger charge is -2.22. The Balaban J connectivity index is 2.61. The highest BCUT2D eigenvalue weighted by Gasteiger charge is 2.25. The second kappa shape index (κ2) is 6.22. The Bertz CT molecular complexity index is 391. The van der Waals surface area contributed by atoms with Gasteiger partial charge in [-0.3, -0.25) is 4.79 Å². The molecule has 0 radical (unpaired) electrons. The highest BCUT2D eigenvalue weighted by Crippen LogP contribution is 2.26. The van der Waals surface area contributed by atoms with E-state index < -0.39 is 12.0 Å². The number of nitrogens with one attached hydrogen (secondary N) is 1. The summed E-state index contributed by atoms with van der Waals surface area (Å²) in [4.78, 5) is 23.3. The molecule has 4 nitrogen and oxygen atoms in total. The number of amides is 1. The number of carboxylic acid groups (broad SMARTS) is 1. The molecule has 1 amide bonds. The molecule has 0 saturated heterocycles. The quantitative estimate of drug-likeness (QED) is 0.805. The molecule has 0 aromatic carbocycles. The molecule has 0 spiro atoms. The van der Waals surface area contributed by atoms with Crippen LogP contribution in [0.3, 0.4) is 0 Å². The van der Waals surface area contributed by atoms with E-state index in [0.717, 1.165) is 36.8 Å². The van der Waals surface area contributed by atoms with Crippen LogP contribution in [0.1, 0.15) is 59.8 Å². The van der Waals surface area contributed by atoms with Gasteiger partial charge in [0.2, 0.25) is 5.91 Å². The Morgan fingerprint density at radius 3 is 2.37 bits per heavy atom. The molecular formula is C15H25NO3. The predicted molar refractivity (Wildman–Crippen MR) is 74.8 cm³/mol. The molecule has 0 aromatic heterocycles. The average Bonchev–Trinajstić information content (AvgIpc) is 2.68. The van der Waals surface area contributed by atoms with Crippen LogP contribution in [-0.4, -0.2) is 23.0 Å². The van der Waals surface area contributed by atoms with Crippen molar-refractivity contribution in [3.8, 4) is 0 Å². The maximum absolute atomic E-state index is 12.1. The Hall–Kier alpha value is -1.32. The lowest BCUT2D eigenvalue weighted by Crippen LogP contribution is -2.41. The summed E-state index contributed by atoms with van der Waals surface area (Å²) < 4.78 is 0. The van der Waals surface area contributed by atoms with Gasteiger partial charge in [0.1, 0.15) is 6.04 Å². The summed E-state index contributed by atoms with van der Waals surface area (Å²) in [6.45, 7) is 8.15. The smallest absolute Gasteiger partial charge is 0.326 e. The van der Waals surface area contributed by atoms with Gasteiger partial charge in [0.25, 0.3) is 0 Å². The summed E-state index contributed by atoms with van der Waals surface area (Å²) >= 11 is 0. The highest BCUT2D eigenvalue weighted by atomic mass is 16.4. The van der Waals surface area contributed by atoms with Crippen molar-refractivity contribution in [2.24, 2.45) is 5.41 Å². The van der Waals surface area contributed by atoms with Gasteiger partial charge in [-0.25, -0.2) is 4.79 Å². The minimum absolute atomic E-state index is 0.0704. The maximum Gasteiger partial charge on any atom is 0.326 e. The molecule has 1 aliphatic rings. The molecular weight excluding hydrogens is 242 g/mol. The minimum atomic E-state index is -0.950. The highest BCUT2D eigenvalue weighted by molar-refractivity contribution is 5.96. The molecule has 1 rings (SSSR count). The largest absolute Gasteiger partial charge is 0.480 e. The number of carbonyl (C=O) groups excluding carboxylic acids is 1. The maximum atomic E-state index is 12.1. The van der Waals surface area contributed by atoms with E-state index >= 15 is 0 Å². The zero-order valence-corrected chi connectivity index (χ0v) is 12.4. The fourth-order valence-electron chi connectivity index (χ4n) is 2.28. The second-order valence-electron chi connectivity index (χ2n) is 6.58. The summed E-state index contributed by atoms with van der Waals surface area (Å²) in [7, 11) is 0. The van der Waals surface area contributed by atoms with Gasteiger partial charge in [-0.15, -0.1) is 0 Å². The van der Waals surface area contributed by atoms with Crippen molar-refractivity contribution in [3.63, 3.8) is 0 Å². The van der Waals surface area contributed by atoms with E-state index in [1.165, 1.54) is 0 Å². The number of hydrogen-bond donors (Lipinski definition) is 2. The molecule has 0 aliphatic heterocycles. The summed E-state index contributed by atoms with van der Waals surface area (Å²) in [5, 5.41) is 11.9. The molecule has 0 aromatic rings. The van der Waals surface area contributed by atoms with Crippen LogP contribution in [0, 0.1) is 5.41 Å². The van der Waals surface area contributed by atoms with Crippen LogP contribution in [0.15, 0.2) is 11.1 Å². The van der Waals surface area contributed by atoms with Gasteiger partial charge in [0.15, 0.2) is 0 Å². The first-order chi connectivity index (χ1) is 8.70. The van der Waals surface area contributed by atoms with E-state index in [0.29, 0.717) is 6.42 Å². The first-order valence-corrected chi connectivity index (χ1v) is 6.93. The molecule has 2 N–H and O–H groups in total. The van der Waals surface area contributed by atoms with Crippen LogP contribution in [0.2, 0.25) is 0 Å². The number of rotatable bonds is 5. The first-order valence-electron chi connectivity index (χ1n) is 6.93. The lowest BCUT2D eigenvalue weighted by atomic mass is 9.88. The SMILES string of the molecule is CC1=C(C(=O)NC(CCC(C)(C)C)C(=O)O)CCC1. The molecule has 0 fully saturated rings. The van der Waals surface area contributed by atoms with Gasteiger partial charge in [-0.05, 0) is 44.4 Å². The van der Waals surface area contributed by atoms with Crippen LogP contribution in [0.5, 0.6) is 0 Å². The van der Waals surface area contributed by atoms with Gasteiger partial charge in [-0.1, -0.05) is 26.3 Å². The van der Waals surface area contributed by atoms with Crippen LogP contribution in [0.25, 0.3) is 0 Å². The van der Waals surface area contributed by atoms with Crippen molar-refractivity contribution in [2.75, 3.05) is 0 Å². The van der Waals surface area contributed by atoms with Crippen LogP contribution in [0.4, 0.5) is 0 Å². The van der Waals surface area contributed by atoms with Crippen LogP contribution >= 0.6 is 0 Å². The van der Waals surface area contributed by atoms with E-state index in [2.05, 4.69) is 26.1 Å². The van der Waals surface area contributed by atoms with Gasteiger partial charge in [0, 0.05) is 5.57 Å². The van der Waals surface area contributed by atoms with Gasteiger partial charge in [-0.2, -0.15) is 0 Å². The topological polar surface area (TPSA) is 66.4 Å². The number of hydrogen-bond acceptors (Lipinski definition) is 2. The summed E-state index contributed by atoms with van der Waals surface area (Å²) in [5.41, 5.74) is 1.94. The first kappa shape index (κ1) is 15.7. The Morgan fingerprint density at radius 1 is 1.32 bits per heavy atom. The number of carboxylic acids is 1. The minimum Gasteiger partial charge on any atom is -0.480 e.